The lowest BCUT2D eigenvalue weighted by molar-refractivity contribution is -0.00431. The second-order valence-corrected chi connectivity index (χ2v) is 4.50. The normalized spacial score (nSPS) is 18.6. The Balaban J connectivity index is 2.14. The molecule has 0 amide bonds. The van der Waals surface area contributed by atoms with Crippen molar-refractivity contribution >= 4 is 5.78 Å². The molecule has 1 aliphatic heterocycles. The van der Waals surface area contributed by atoms with Crippen molar-refractivity contribution in [3.8, 4) is 0 Å². The van der Waals surface area contributed by atoms with Crippen molar-refractivity contribution in [1.29, 1.82) is 0 Å². The number of furan rings is 1. The molecule has 0 bridgehead atoms. The zero-order valence-electron chi connectivity index (χ0n) is 9.73. The Morgan fingerprint density at radius 1 is 1.38 bits per heavy atom. The predicted octanol–water partition coefficient (Wildman–Crippen LogP) is 1.57. The van der Waals surface area contributed by atoms with Crippen LogP contribution in [-0.4, -0.2) is 42.5 Å². The third-order valence-electron chi connectivity index (χ3n) is 3.14. The van der Waals surface area contributed by atoms with Crippen molar-refractivity contribution in [2.45, 2.75) is 19.4 Å². The van der Waals surface area contributed by atoms with Gasteiger partial charge in [-0.1, -0.05) is 0 Å². The first-order valence-electron chi connectivity index (χ1n) is 5.52. The van der Waals surface area contributed by atoms with E-state index in [1.807, 2.05) is 13.8 Å². The van der Waals surface area contributed by atoms with Crippen molar-refractivity contribution in [2.24, 2.45) is 0 Å². The molecule has 88 valence electrons. The Labute approximate surface area is 95.2 Å². The van der Waals surface area contributed by atoms with Gasteiger partial charge in [0.15, 0.2) is 5.78 Å². The number of Topliss-reactive ketones (excluding diaryl/α,β-unsaturated/α-hetero) is 1. The van der Waals surface area contributed by atoms with E-state index in [0.717, 1.165) is 13.1 Å². The van der Waals surface area contributed by atoms with Crippen LogP contribution in [0.5, 0.6) is 0 Å². The fourth-order valence-electron chi connectivity index (χ4n) is 2.01. The van der Waals surface area contributed by atoms with E-state index in [1.54, 1.807) is 6.07 Å². The molecule has 0 aromatic carbocycles. The summed E-state index contributed by atoms with van der Waals surface area (Å²) in [6.07, 6.45) is 3.03. The van der Waals surface area contributed by atoms with Crippen LogP contribution in [0.2, 0.25) is 0 Å². The van der Waals surface area contributed by atoms with Crippen molar-refractivity contribution < 1.29 is 13.9 Å². The molecule has 16 heavy (non-hydrogen) atoms. The number of hydrogen-bond acceptors (Lipinski definition) is 4. The third-order valence-corrected chi connectivity index (χ3v) is 3.14. The van der Waals surface area contributed by atoms with E-state index in [-0.39, 0.29) is 5.78 Å². The lowest BCUT2D eigenvalue weighted by Gasteiger charge is -2.39. The van der Waals surface area contributed by atoms with Crippen LogP contribution in [0.15, 0.2) is 23.0 Å². The van der Waals surface area contributed by atoms with Crippen LogP contribution in [0.3, 0.4) is 0 Å². The molecule has 2 rings (SSSR count). The highest BCUT2D eigenvalue weighted by atomic mass is 16.5. The van der Waals surface area contributed by atoms with E-state index in [4.69, 9.17) is 9.15 Å². The van der Waals surface area contributed by atoms with E-state index >= 15 is 0 Å². The molecule has 2 heterocycles. The van der Waals surface area contributed by atoms with Crippen LogP contribution in [0.25, 0.3) is 0 Å². The molecular formula is C12H17NO3. The van der Waals surface area contributed by atoms with Crippen molar-refractivity contribution in [2.75, 3.05) is 26.3 Å². The molecule has 1 aromatic heterocycles. The molecule has 0 radical (unpaired) electrons. The fraction of sp³-hybridized carbons (Fsp3) is 0.583. The quantitative estimate of drug-likeness (QED) is 0.729. The molecule has 1 saturated heterocycles. The second kappa shape index (κ2) is 4.39. The third kappa shape index (κ3) is 2.03. The van der Waals surface area contributed by atoms with Crippen LogP contribution in [0, 0.1) is 0 Å². The molecule has 0 atom stereocenters. The Morgan fingerprint density at radius 2 is 2.06 bits per heavy atom. The smallest absolute Gasteiger partial charge is 0.185 e. The monoisotopic (exact) mass is 223 g/mol. The molecule has 4 nitrogen and oxygen atoms in total. The number of ketones is 1. The van der Waals surface area contributed by atoms with E-state index in [2.05, 4.69) is 4.90 Å². The summed E-state index contributed by atoms with van der Waals surface area (Å²) in [5, 5.41) is 0. The number of hydrogen-bond donors (Lipinski definition) is 0. The van der Waals surface area contributed by atoms with Crippen LogP contribution in [-0.2, 0) is 4.74 Å². The van der Waals surface area contributed by atoms with Crippen molar-refractivity contribution in [1.82, 2.24) is 4.90 Å². The number of nitrogens with zero attached hydrogens (tertiary/aromatic N) is 1. The first kappa shape index (κ1) is 11.4. The highest BCUT2D eigenvalue weighted by molar-refractivity contribution is 6.02. The fourth-order valence-corrected chi connectivity index (χ4v) is 2.01. The topological polar surface area (TPSA) is 42.7 Å². The van der Waals surface area contributed by atoms with E-state index in [0.29, 0.717) is 18.8 Å². The van der Waals surface area contributed by atoms with E-state index < -0.39 is 5.54 Å². The summed E-state index contributed by atoms with van der Waals surface area (Å²) in [5.41, 5.74) is 0.143. The molecule has 0 aliphatic carbocycles. The molecule has 4 heteroatoms. The zero-order chi connectivity index (χ0) is 11.6. The highest BCUT2D eigenvalue weighted by Gasteiger charge is 2.36. The highest BCUT2D eigenvalue weighted by Crippen LogP contribution is 2.21. The number of carbonyl (C=O) groups excluding carboxylic acids is 1. The van der Waals surface area contributed by atoms with Gasteiger partial charge in [0.25, 0.3) is 0 Å². The standard InChI is InChI=1S/C12H17NO3/c1-12(2,13-4-7-15-8-5-13)11(14)10-3-6-16-9-10/h3,6,9H,4-5,7-8H2,1-2H3. The number of carbonyl (C=O) groups is 1. The van der Waals surface area contributed by atoms with Gasteiger partial charge in [0.1, 0.15) is 6.26 Å². The Kier molecular flexibility index (Phi) is 3.12. The lowest BCUT2D eigenvalue weighted by Crippen LogP contribution is -2.54. The van der Waals surface area contributed by atoms with Gasteiger partial charge in [-0.2, -0.15) is 0 Å². The maximum Gasteiger partial charge on any atom is 0.185 e. The predicted molar refractivity (Wildman–Crippen MR) is 59.5 cm³/mol. The minimum atomic E-state index is -0.492. The van der Waals surface area contributed by atoms with Crippen LogP contribution in [0.1, 0.15) is 24.2 Å². The number of rotatable bonds is 3. The first-order valence-corrected chi connectivity index (χ1v) is 5.52. The van der Waals surface area contributed by atoms with Gasteiger partial charge >= 0.3 is 0 Å². The Hall–Kier alpha value is -1.13. The molecule has 0 unspecified atom stereocenters. The van der Waals surface area contributed by atoms with Gasteiger partial charge in [-0.15, -0.1) is 0 Å². The molecule has 0 spiro atoms. The summed E-state index contributed by atoms with van der Waals surface area (Å²) in [5.74, 6) is 0.100. The SMILES string of the molecule is CC(C)(C(=O)c1ccoc1)N1CCOCC1. The Morgan fingerprint density at radius 3 is 2.62 bits per heavy atom. The second-order valence-electron chi connectivity index (χ2n) is 4.50. The average Bonchev–Trinajstić information content (AvgIpc) is 2.82. The Bertz CT molecular complexity index is 350. The van der Waals surface area contributed by atoms with Gasteiger partial charge in [-0.3, -0.25) is 9.69 Å². The maximum atomic E-state index is 12.3. The van der Waals surface area contributed by atoms with Gasteiger partial charge in [-0.05, 0) is 19.9 Å². The lowest BCUT2D eigenvalue weighted by atomic mass is 9.92. The number of ether oxygens (including phenoxy) is 1. The van der Waals surface area contributed by atoms with Crippen LogP contribution < -0.4 is 0 Å². The summed E-state index contributed by atoms with van der Waals surface area (Å²) >= 11 is 0. The van der Waals surface area contributed by atoms with Crippen LogP contribution >= 0.6 is 0 Å². The molecule has 0 N–H and O–H groups in total. The van der Waals surface area contributed by atoms with Gasteiger partial charge in [0.05, 0.1) is 30.6 Å². The molecule has 1 fully saturated rings. The van der Waals surface area contributed by atoms with Gasteiger partial charge in [0.2, 0.25) is 0 Å². The molecule has 1 aromatic rings. The van der Waals surface area contributed by atoms with Crippen molar-refractivity contribution in [3.63, 3.8) is 0 Å². The first-order chi connectivity index (χ1) is 7.62. The zero-order valence-corrected chi connectivity index (χ0v) is 9.73. The summed E-state index contributed by atoms with van der Waals surface area (Å²) in [7, 11) is 0. The van der Waals surface area contributed by atoms with Crippen molar-refractivity contribution in [3.05, 3.63) is 24.2 Å². The minimum Gasteiger partial charge on any atom is -0.472 e. The van der Waals surface area contributed by atoms with Gasteiger partial charge < -0.3 is 9.15 Å². The minimum absolute atomic E-state index is 0.100. The summed E-state index contributed by atoms with van der Waals surface area (Å²) in [6, 6.07) is 1.71. The summed E-state index contributed by atoms with van der Waals surface area (Å²) in [6.45, 7) is 6.90. The maximum absolute atomic E-state index is 12.3. The molecule has 1 aliphatic rings. The summed E-state index contributed by atoms with van der Waals surface area (Å²) < 4.78 is 10.2. The largest absolute Gasteiger partial charge is 0.472 e. The number of morpholine rings is 1. The van der Waals surface area contributed by atoms with E-state index in [1.165, 1.54) is 12.5 Å². The molecule has 0 saturated carbocycles. The average molecular weight is 223 g/mol. The molecular weight excluding hydrogens is 206 g/mol. The van der Waals surface area contributed by atoms with Gasteiger partial charge in [-0.25, -0.2) is 0 Å². The van der Waals surface area contributed by atoms with E-state index in [9.17, 15) is 4.79 Å². The summed E-state index contributed by atoms with van der Waals surface area (Å²) in [4.78, 5) is 14.4. The van der Waals surface area contributed by atoms with Crippen LogP contribution in [0.4, 0.5) is 0 Å². The van der Waals surface area contributed by atoms with Gasteiger partial charge in [0, 0.05) is 13.1 Å².